The molecular weight excluding hydrogens is 168 g/mol. The molecule has 0 aliphatic heterocycles. The molecule has 0 aromatic heterocycles. The third-order valence-electron chi connectivity index (χ3n) is 1.77. The summed E-state index contributed by atoms with van der Waals surface area (Å²) < 4.78 is 11.5. The van der Waals surface area contributed by atoms with E-state index < -0.39 is 8.56 Å². The lowest BCUT2D eigenvalue weighted by Crippen LogP contribution is -2.38. The molecule has 3 heteroatoms. The predicted molar refractivity (Wildman–Crippen MR) is 54.6 cm³/mol. The minimum atomic E-state index is -1.77. The molecule has 74 valence electrons. The zero-order valence-electron chi connectivity index (χ0n) is 8.85. The molecule has 2 nitrogen and oxygen atoms in total. The first-order valence-electron chi connectivity index (χ1n) is 4.96. The third-order valence-corrected chi connectivity index (χ3v) is 4.89. The lowest BCUT2D eigenvalue weighted by molar-refractivity contribution is 0.180. The molecule has 12 heavy (non-hydrogen) atoms. The Hall–Kier alpha value is 0.137. The quantitative estimate of drug-likeness (QED) is 0.575. The van der Waals surface area contributed by atoms with Crippen LogP contribution < -0.4 is 0 Å². The van der Waals surface area contributed by atoms with Crippen LogP contribution in [0.15, 0.2) is 0 Å². The maximum Gasteiger partial charge on any atom is 0.334 e. The second kappa shape index (κ2) is 6.63. The molecule has 0 heterocycles. The average Bonchev–Trinajstić information content (AvgIpc) is 2.02. The normalized spacial score (nSPS) is 16.0. The van der Waals surface area contributed by atoms with Gasteiger partial charge in [0, 0.05) is 13.2 Å². The molecule has 1 atom stereocenters. The number of rotatable bonds is 7. The Balaban J connectivity index is 3.80. The SMILES string of the molecule is CCCO[Si](C)(CCC)OCC. The van der Waals surface area contributed by atoms with Crippen LogP contribution in [0.2, 0.25) is 12.6 Å². The lowest BCUT2D eigenvalue weighted by atomic mass is 10.5. The predicted octanol–water partition coefficient (Wildman–Crippen LogP) is 2.93. The highest BCUT2D eigenvalue weighted by Crippen LogP contribution is 2.15. The number of hydrogen-bond donors (Lipinski definition) is 0. The van der Waals surface area contributed by atoms with Crippen molar-refractivity contribution < 1.29 is 8.85 Å². The van der Waals surface area contributed by atoms with Crippen molar-refractivity contribution in [3.05, 3.63) is 0 Å². The molecule has 0 aromatic rings. The van der Waals surface area contributed by atoms with Crippen molar-refractivity contribution in [2.45, 2.75) is 46.2 Å². The van der Waals surface area contributed by atoms with Crippen LogP contribution in [0.25, 0.3) is 0 Å². The van der Waals surface area contributed by atoms with E-state index in [0.717, 1.165) is 32.1 Å². The Morgan fingerprint density at radius 1 is 1.00 bits per heavy atom. The fourth-order valence-corrected chi connectivity index (χ4v) is 3.79. The van der Waals surface area contributed by atoms with Crippen LogP contribution >= 0.6 is 0 Å². The monoisotopic (exact) mass is 190 g/mol. The van der Waals surface area contributed by atoms with Gasteiger partial charge >= 0.3 is 8.56 Å². The standard InChI is InChI=1S/C9H22O2Si/c1-5-8-11-12(4,9-6-2)10-7-3/h5-9H2,1-4H3. The summed E-state index contributed by atoms with van der Waals surface area (Å²) in [4.78, 5) is 0. The summed E-state index contributed by atoms with van der Waals surface area (Å²) in [5.74, 6) is 0. The molecule has 0 aliphatic rings. The van der Waals surface area contributed by atoms with E-state index in [0.29, 0.717) is 0 Å². The molecule has 0 rings (SSSR count). The van der Waals surface area contributed by atoms with E-state index in [4.69, 9.17) is 8.85 Å². The smallest absolute Gasteiger partial charge is 0.334 e. The summed E-state index contributed by atoms with van der Waals surface area (Å²) in [6.07, 6.45) is 2.24. The zero-order valence-corrected chi connectivity index (χ0v) is 9.85. The first kappa shape index (κ1) is 12.1. The van der Waals surface area contributed by atoms with E-state index in [9.17, 15) is 0 Å². The van der Waals surface area contributed by atoms with Gasteiger partial charge in [0.05, 0.1) is 0 Å². The molecule has 0 radical (unpaired) electrons. The van der Waals surface area contributed by atoms with Crippen molar-refractivity contribution in [1.82, 2.24) is 0 Å². The van der Waals surface area contributed by atoms with Crippen LogP contribution in [-0.4, -0.2) is 21.8 Å². The molecule has 0 N–H and O–H groups in total. The van der Waals surface area contributed by atoms with Crippen molar-refractivity contribution in [1.29, 1.82) is 0 Å². The van der Waals surface area contributed by atoms with Crippen LogP contribution in [0.4, 0.5) is 0 Å². The molecule has 0 saturated carbocycles. The molecule has 0 saturated heterocycles. The summed E-state index contributed by atoms with van der Waals surface area (Å²) >= 11 is 0. The van der Waals surface area contributed by atoms with Gasteiger partial charge in [0.2, 0.25) is 0 Å². The third kappa shape index (κ3) is 4.90. The van der Waals surface area contributed by atoms with Crippen molar-refractivity contribution in [2.24, 2.45) is 0 Å². The second-order valence-corrected chi connectivity index (χ2v) is 6.51. The fourth-order valence-electron chi connectivity index (χ4n) is 1.26. The second-order valence-electron chi connectivity index (χ2n) is 3.17. The van der Waals surface area contributed by atoms with Gasteiger partial charge in [0.15, 0.2) is 0 Å². The van der Waals surface area contributed by atoms with Gasteiger partial charge in [0.25, 0.3) is 0 Å². The van der Waals surface area contributed by atoms with Gasteiger partial charge in [-0.3, -0.25) is 0 Å². The van der Waals surface area contributed by atoms with Crippen LogP contribution in [0.3, 0.4) is 0 Å². The van der Waals surface area contributed by atoms with Crippen LogP contribution in [0.1, 0.15) is 33.6 Å². The topological polar surface area (TPSA) is 18.5 Å². The maximum absolute atomic E-state index is 5.78. The molecule has 0 aromatic carbocycles. The summed E-state index contributed by atoms with van der Waals surface area (Å²) in [5.41, 5.74) is 0. The highest BCUT2D eigenvalue weighted by atomic mass is 28.4. The first-order valence-corrected chi connectivity index (χ1v) is 7.48. The maximum atomic E-state index is 5.78. The van der Waals surface area contributed by atoms with Crippen LogP contribution in [0.5, 0.6) is 0 Å². The number of hydrogen-bond acceptors (Lipinski definition) is 2. The summed E-state index contributed by atoms with van der Waals surface area (Å²) in [6.45, 7) is 10.1. The molecule has 0 aliphatic carbocycles. The minimum Gasteiger partial charge on any atom is -0.395 e. The van der Waals surface area contributed by atoms with Gasteiger partial charge in [-0.05, 0) is 25.9 Å². The van der Waals surface area contributed by atoms with Crippen molar-refractivity contribution in [3.63, 3.8) is 0 Å². The molecular formula is C9H22O2Si. The average molecular weight is 190 g/mol. The highest BCUT2D eigenvalue weighted by Gasteiger charge is 2.29. The van der Waals surface area contributed by atoms with Crippen molar-refractivity contribution in [2.75, 3.05) is 13.2 Å². The van der Waals surface area contributed by atoms with Gasteiger partial charge in [-0.1, -0.05) is 20.3 Å². The first-order chi connectivity index (χ1) is 5.68. The summed E-state index contributed by atoms with van der Waals surface area (Å²) in [7, 11) is -1.77. The van der Waals surface area contributed by atoms with Gasteiger partial charge in [-0.25, -0.2) is 0 Å². The zero-order chi connectivity index (χ0) is 9.45. The fraction of sp³-hybridized carbons (Fsp3) is 1.00. The Bertz CT molecular complexity index is 101. The molecule has 0 fully saturated rings. The Kier molecular flexibility index (Phi) is 6.71. The molecule has 0 amide bonds. The Morgan fingerprint density at radius 2 is 1.67 bits per heavy atom. The molecule has 0 bridgehead atoms. The van der Waals surface area contributed by atoms with E-state index in [-0.39, 0.29) is 0 Å². The summed E-state index contributed by atoms with van der Waals surface area (Å²) in [5, 5.41) is 0. The lowest BCUT2D eigenvalue weighted by Gasteiger charge is -2.25. The van der Waals surface area contributed by atoms with Crippen LogP contribution in [0, 0.1) is 0 Å². The van der Waals surface area contributed by atoms with E-state index in [1.54, 1.807) is 0 Å². The summed E-state index contributed by atoms with van der Waals surface area (Å²) in [6, 6.07) is 1.11. The highest BCUT2D eigenvalue weighted by molar-refractivity contribution is 6.66. The van der Waals surface area contributed by atoms with Crippen molar-refractivity contribution in [3.8, 4) is 0 Å². The van der Waals surface area contributed by atoms with E-state index in [2.05, 4.69) is 20.4 Å². The van der Waals surface area contributed by atoms with E-state index >= 15 is 0 Å². The molecule has 1 unspecified atom stereocenters. The van der Waals surface area contributed by atoms with E-state index in [1.165, 1.54) is 0 Å². The largest absolute Gasteiger partial charge is 0.395 e. The Labute approximate surface area is 77.5 Å². The minimum absolute atomic E-state index is 0.784. The molecule has 0 spiro atoms. The van der Waals surface area contributed by atoms with Gasteiger partial charge in [-0.15, -0.1) is 0 Å². The van der Waals surface area contributed by atoms with Crippen LogP contribution in [-0.2, 0) is 8.85 Å². The van der Waals surface area contributed by atoms with Gasteiger partial charge in [-0.2, -0.15) is 0 Å². The van der Waals surface area contributed by atoms with Gasteiger partial charge < -0.3 is 8.85 Å². The van der Waals surface area contributed by atoms with Gasteiger partial charge in [0.1, 0.15) is 0 Å². The Morgan fingerprint density at radius 3 is 2.08 bits per heavy atom. The van der Waals surface area contributed by atoms with E-state index in [1.807, 2.05) is 6.92 Å². The van der Waals surface area contributed by atoms with Crippen molar-refractivity contribution >= 4 is 8.56 Å².